The van der Waals surface area contributed by atoms with Crippen molar-refractivity contribution in [2.24, 2.45) is 0 Å². The Labute approximate surface area is 156 Å². The predicted octanol–water partition coefficient (Wildman–Crippen LogP) is 4.00. The predicted molar refractivity (Wildman–Crippen MR) is 101 cm³/mol. The Hall–Kier alpha value is -3.48. The normalized spacial score (nSPS) is 10.3. The van der Waals surface area contributed by atoms with Crippen LogP contribution in [0.2, 0.25) is 0 Å². The molecule has 2 N–H and O–H groups in total. The molecule has 0 radical (unpaired) electrons. The third-order valence-corrected chi connectivity index (χ3v) is 3.73. The fourth-order valence-electron chi connectivity index (χ4n) is 2.46. The molecule has 3 rings (SSSR count). The first kappa shape index (κ1) is 18.3. The third-order valence-electron chi connectivity index (χ3n) is 3.73. The van der Waals surface area contributed by atoms with Crippen molar-refractivity contribution >= 4 is 11.7 Å². The Balaban J connectivity index is 1.62. The number of urea groups is 1. The molecule has 0 fully saturated rings. The van der Waals surface area contributed by atoms with Gasteiger partial charge >= 0.3 is 6.03 Å². The van der Waals surface area contributed by atoms with E-state index in [-0.39, 0.29) is 18.4 Å². The average Bonchev–Trinajstić information content (AvgIpc) is 2.69. The molecule has 0 bridgehead atoms. The molecule has 0 atom stereocenters. The van der Waals surface area contributed by atoms with Crippen molar-refractivity contribution in [3.63, 3.8) is 0 Å². The fraction of sp³-hybridized carbons (Fsp3) is 0.150. The first-order valence-corrected chi connectivity index (χ1v) is 8.49. The lowest BCUT2D eigenvalue weighted by Crippen LogP contribution is -2.28. The lowest BCUT2D eigenvalue weighted by Gasteiger charge is -2.12. The van der Waals surface area contributed by atoms with Gasteiger partial charge in [-0.05, 0) is 49.4 Å². The van der Waals surface area contributed by atoms with E-state index in [1.165, 1.54) is 18.5 Å². The van der Waals surface area contributed by atoms with Crippen LogP contribution in [0, 0.1) is 5.82 Å². The molecule has 138 valence electrons. The highest BCUT2D eigenvalue weighted by molar-refractivity contribution is 5.90. The summed E-state index contributed by atoms with van der Waals surface area (Å²) in [5, 5.41) is 5.51. The first-order valence-electron chi connectivity index (χ1n) is 8.49. The van der Waals surface area contributed by atoms with Gasteiger partial charge in [0.15, 0.2) is 0 Å². The zero-order chi connectivity index (χ0) is 19.1. The van der Waals surface area contributed by atoms with Crippen molar-refractivity contribution < 1.29 is 13.9 Å². The quantitative estimate of drug-likeness (QED) is 0.691. The van der Waals surface area contributed by atoms with Gasteiger partial charge in [-0.1, -0.05) is 12.1 Å². The molecule has 0 unspecified atom stereocenters. The van der Waals surface area contributed by atoms with Gasteiger partial charge in [0.1, 0.15) is 17.9 Å². The van der Waals surface area contributed by atoms with Crippen LogP contribution in [-0.4, -0.2) is 22.6 Å². The summed E-state index contributed by atoms with van der Waals surface area (Å²) in [6.45, 7) is 2.61. The second-order valence-corrected chi connectivity index (χ2v) is 5.64. The smallest absolute Gasteiger partial charge is 0.319 e. The number of aromatic nitrogens is 2. The van der Waals surface area contributed by atoms with Crippen LogP contribution in [0.1, 0.15) is 12.6 Å². The average molecular weight is 366 g/mol. The maximum absolute atomic E-state index is 13.1. The second kappa shape index (κ2) is 8.75. The van der Waals surface area contributed by atoms with E-state index in [0.717, 1.165) is 5.56 Å². The number of nitrogens with one attached hydrogen (secondary N) is 2. The van der Waals surface area contributed by atoms with E-state index in [9.17, 15) is 9.18 Å². The number of para-hydroxylation sites is 2. The van der Waals surface area contributed by atoms with Gasteiger partial charge in [0.05, 0.1) is 30.2 Å². The number of amides is 2. The summed E-state index contributed by atoms with van der Waals surface area (Å²) >= 11 is 0. The number of anilines is 1. The van der Waals surface area contributed by atoms with Crippen molar-refractivity contribution in [3.8, 4) is 17.0 Å². The number of benzene rings is 2. The molecular formula is C20H19FN4O2. The van der Waals surface area contributed by atoms with Gasteiger partial charge in [-0.3, -0.25) is 0 Å². The van der Waals surface area contributed by atoms with Crippen LogP contribution in [0.25, 0.3) is 11.3 Å². The van der Waals surface area contributed by atoms with E-state index < -0.39 is 0 Å². The standard InChI is InChI=1S/C20H19FN4O2/c1-2-27-19-6-4-3-5-17(19)25-20(26)22-12-16-11-18(24-13-23-16)14-7-9-15(21)10-8-14/h3-11,13H,2,12H2,1H3,(H2,22,25,26). The highest BCUT2D eigenvalue weighted by Gasteiger charge is 2.08. The number of hydrogen-bond donors (Lipinski definition) is 2. The molecule has 0 aliphatic carbocycles. The molecule has 1 aromatic heterocycles. The SMILES string of the molecule is CCOc1ccccc1NC(=O)NCc1cc(-c2ccc(F)cc2)ncn1. The Morgan fingerprint density at radius 2 is 1.89 bits per heavy atom. The van der Waals surface area contributed by atoms with Gasteiger partial charge < -0.3 is 15.4 Å². The molecule has 6 nitrogen and oxygen atoms in total. The Bertz CT molecular complexity index is 916. The highest BCUT2D eigenvalue weighted by atomic mass is 19.1. The molecule has 1 heterocycles. The lowest BCUT2D eigenvalue weighted by atomic mass is 10.1. The summed E-state index contributed by atoms with van der Waals surface area (Å²) in [5.41, 5.74) is 2.66. The van der Waals surface area contributed by atoms with E-state index in [2.05, 4.69) is 20.6 Å². The number of ether oxygens (including phenoxy) is 1. The summed E-state index contributed by atoms with van der Waals surface area (Å²) in [6, 6.07) is 14.6. The van der Waals surface area contributed by atoms with Crippen molar-refractivity contribution in [1.29, 1.82) is 0 Å². The largest absolute Gasteiger partial charge is 0.492 e. The number of hydrogen-bond acceptors (Lipinski definition) is 4. The van der Waals surface area contributed by atoms with E-state index in [4.69, 9.17) is 4.74 Å². The summed E-state index contributed by atoms with van der Waals surface area (Å²) < 4.78 is 18.5. The van der Waals surface area contributed by atoms with Crippen LogP contribution < -0.4 is 15.4 Å². The molecule has 0 aliphatic rings. The first-order chi connectivity index (χ1) is 13.2. The monoisotopic (exact) mass is 366 g/mol. The van der Waals surface area contributed by atoms with Crippen LogP contribution in [-0.2, 0) is 6.54 Å². The highest BCUT2D eigenvalue weighted by Crippen LogP contribution is 2.23. The molecule has 0 spiro atoms. The Morgan fingerprint density at radius 1 is 1.11 bits per heavy atom. The van der Waals surface area contributed by atoms with E-state index in [1.54, 1.807) is 30.3 Å². The van der Waals surface area contributed by atoms with Gasteiger partial charge in [0, 0.05) is 5.56 Å². The summed E-state index contributed by atoms with van der Waals surface area (Å²) in [4.78, 5) is 20.5. The van der Waals surface area contributed by atoms with Gasteiger partial charge in [-0.25, -0.2) is 19.2 Å². The Morgan fingerprint density at radius 3 is 2.67 bits per heavy atom. The van der Waals surface area contributed by atoms with E-state index >= 15 is 0 Å². The van der Waals surface area contributed by atoms with Crippen LogP contribution >= 0.6 is 0 Å². The van der Waals surface area contributed by atoms with E-state index in [1.807, 2.05) is 19.1 Å². The molecule has 0 saturated carbocycles. The maximum atomic E-state index is 13.1. The van der Waals surface area contributed by atoms with Crippen molar-refractivity contribution in [2.75, 3.05) is 11.9 Å². The third kappa shape index (κ3) is 5.01. The van der Waals surface area contributed by atoms with E-state index in [0.29, 0.717) is 29.4 Å². The molecule has 0 saturated heterocycles. The number of halogens is 1. The minimum absolute atomic E-state index is 0.222. The minimum Gasteiger partial charge on any atom is -0.492 e. The van der Waals surface area contributed by atoms with Crippen molar-refractivity contribution in [2.45, 2.75) is 13.5 Å². The molecule has 7 heteroatoms. The number of rotatable bonds is 6. The summed E-state index contributed by atoms with van der Waals surface area (Å²) in [5.74, 6) is 0.300. The minimum atomic E-state index is -0.371. The zero-order valence-corrected chi connectivity index (χ0v) is 14.8. The number of carbonyl (C=O) groups is 1. The topological polar surface area (TPSA) is 76.1 Å². The number of nitrogens with zero attached hydrogens (tertiary/aromatic N) is 2. The Kier molecular flexibility index (Phi) is 5.94. The zero-order valence-electron chi connectivity index (χ0n) is 14.8. The van der Waals surface area contributed by atoms with Gasteiger partial charge in [0.2, 0.25) is 0 Å². The van der Waals surface area contributed by atoms with Crippen LogP contribution in [0.15, 0.2) is 60.9 Å². The molecule has 3 aromatic rings. The maximum Gasteiger partial charge on any atom is 0.319 e. The molecule has 27 heavy (non-hydrogen) atoms. The summed E-state index contributed by atoms with van der Waals surface area (Å²) in [7, 11) is 0. The summed E-state index contributed by atoms with van der Waals surface area (Å²) in [6.07, 6.45) is 1.41. The fourth-order valence-corrected chi connectivity index (χ4v) is 2.46. The van der Waals surface area contributed by atoms with Gasteiger partial charge in [0.25, 0.3) is 0 Å². The molecule has 2 amide bonds. The van der Waals surface area contributed by atoms with Gasteiger partial charge in [-0.2, -0.15) is 0 Å². The van der Waals surface area contributed by atoms with Crippen LogP contribution in [0.4, 0.5) is 14.9 Å². The number of carbonyl (C=O) groups excluding carboxylic acids is 1. The second-order valence-electron chi connectivity index (χ2n) is 5.64. The van der Waals surface area contributed by atoms with Crippen LogP contribution in [0.5, 0.6) is 5.75 Å². The van der Waals surface area contributed by atoms with Gasteiger partial charge in [-0.15, -0.1) is 0 Å². The van der Waals surface area contributed by atoms with Crippen molar-refractivity contribution in [3.05, 3.63) is 72.4 Å². The van der Waals surface area contributed by atoms with Crippen molar-refractivity contribution in [1.82, 2.24) is 15.3 Å². The lowest BCUT2D eigenvalue weighted by molar-refractivity contribution is 0.251. The molecular weight excluding hydrogens is 347 g/mol. The molecule has 0 aliphatic heterocycles. The van der Waals surface area contributed by atoms with Crippen LogP contribution in [0.3, 0.4) is 0 Å². The molecule has 2 aromatic carbocycles.